The van der Waals surface area contributed by atoms with Crippen LogP contribution in [0.4, 0.5) is 0 Å². The van der Waals surface area contributed by atoms with Crippen molar-refractivity contribution in [1.29, 1.82) is 0 Å². The number of carboxylic acid groups (broad SMARTS) is 1. The predicted molar refractivity (Wildman–Crippen MR) is 57.4 cm³/mol. The monoisotopic (exact) mass is 225 g/mol. The molecule has 5 heteroatoms. The Kier molecular flexibility index (Phi) is 4.91. The summed E-state index contributed by atoms with van der Waals surface area (Å²) in [6.07, 6.45) is 0.317. The van der Waals surface area contributed by atoms with E-state index in [1.165, 1.54) is 14.2 Å². The first-order chi connectivity index (χ1) is 7.69. The van der Waals surface area contributed by atoms with Gasteiger partial charge in [0.15, 0.2) is 6.04 Å². The van der Waals surface area contributed by atoms with Crippen molar-refractivity contribution in [3.05, 3.63) is 35.9 Å². The van der Waals surface area contributed by atoms with Crippen molar-refractivity contribution in [2.24, 2.45) is 0 Å². The summed E-state index contributed by atoms with van der Waals surface area (Å²) in [5.41, 5.74) is 0.911. The van der Waals surface area contributed by atoms with Crippen molar-refractivity contribution in [2.45, 2.75) is 12.5 Å². The van der Waals surface area contributed by atoms with Crippen LogP contribution in [0, 0.1) is 0 Å². The second-order valence-corrected chi connectivity index (χ2v) is 3.19. The maximum absolute atomic E-state index is 11.1. The third-order valence-corrected chi connectivity index (χ3v) is 2.17. The second kappa shape index (κ2) is 6.22. The number of carbonyl (C=O) groups is 1. The molecule has 88 valence electrons. The van der Waals surface area contributed by atoms with Gasteiger partial charge in [-0.15, -0.1) is 0 Å². The fourth-order valence-corrected chi connectivity index (χ4v) is 1.42. The highest BCUT2D eigenvalue weighted by Crippen LogP contribution is 2.09. The Balaban J connectivity index is 2.76. The number of nitrogens with zero attached hydrogens (tertiary/aromatic N) is 1. The molecule has 0 radical (unpaired) electrons. The number of benzene rings is 1. The first-order valence-electron chi connectivity index (χ1n) is 4.83. The van der Waals surface area contributed by atoms with Gasteiger partial charge < -0.3 is 5.11 Å². The first kappa shape index (κ1) is 12.6. The lowest BCUT2D eigenvalue weighted by molar-refractivity contribution is -0.359. The smallest absolute Gasteiger partial charge is 0.326 e. The van der Waals surface area contributed by atoms with Gasteiger partial charge in [-0.2, -0.15) is 0 Å². The quantitative estimate of drug-likeness (QED) is 0.735. The van der Waals surface area contributed by atoms with E-state index in [1.54, 1.807) is 0 Å². The van der Waals surface area contributed by atoms with E-state index >= 15 is 0 Å². The zero-order valence-electron chi connectivity index (χ0n) is 9.29. The summed E-state index contributed by atoms with van der Waals surface area (Å²) in [7, 11) is 2.73. The molecule has 0 heterocycles. The van der Waals surface area contributed by atoms with Gasteiger partial charge in [0, 0.05) is 6.42 Å². The van der Waals surface area contributed by atoms with E-state index in [2.05, 4.69) is 0 Å². The van der Waals surface area contributed by atoms with Crippen LogP contribution < -0.4 is 0 Å². The molecule has 0 unspecified atom stereocenters. The molecule has 1 aromatic carbocycles. The zero-order valence-corrected chi connectivity index (χ0v) is 9.29. The summed E-state index contributed by atoms with van der Waals surface area (Å²) >= 11 is 0. The molecule has 1 rings (SSSR count). The number of hydrogen-bond acceptors (Lipinski definition) is 4. The molecular formula is C11H15NO4. The normalized spacial score (nSPS) is 12.7. The second-order valence-electron chi connectivity index (χ2n) is 3.19. The highest BCUT2D eigenvalue weighted by atomic mass is 16.9. The van der Waals surface area contributed by atoms with Crippen LogP contribution in [0.2, 0.25) is 0 Å². The fourth-order valence-electron chi connectivity index (χ4n) is 1.42. The summed E-state index contributed by atoms with van der Waals surface area (Å²) in [6.45, 7) is 0. The van der Waals surface area contributed by atoms with E-state index in [9.17, 15) is 4.79 Å². The summed E-state index contributed by atoms with van der Waals surface area (Å²) in [5, 5.41) is 10.0. The number of hydrogen-bond donors (Lipinski definition) is 1. The van der Waals surface area contributed by atoms with Gasteiger partial charge in [-0.1, -0.05) is 35.6 Å². The van der Waals surface area contributed by atoms with Crippen LogP contribution in [0.3, 0.4) is 0 Å². The lowest BCUT2D eigenvalue weighted by Gasteiger charge is -2.23. The molecule has 0 spiro atoms. The molecular weight excluding hydrogens is 210 g/mol. The Morgan fingerprint density at radius 2 is 1.88 bits per heavy atom. The van der Waals surface area contributed by atoms with Crippen LogP contribution in [-0.4, -0.2) is 36.6 Å². The van der Waals surface area contributed by atoms with Crippen molar-refractivity contribution in [2.75, 3.05) is 14.2 Å². The SMILES string of the molecule is CON(OC)[C@@H](Cc1ccccc1)C(=O)O. The molecule has 1 aromatic rings. The number of rotatable bonds is 6. The van der Waals surface area contributed by atoms with Crippen molar-refractivity contribution in [3.8, 4) is 0 Å². The molecule has 1 atom stereocenters. The molecule has 5 nitrogen and oxygen atoms in total. The van der Waals surface area contributed by atoms with Crippen molar-refractivity contribution in [3.63, 3.8) is 0 Å². The van der Waals surface area contributed by atoms with Crippen LogP contribution in [0.15, 0.2) is 30.3 Å². The Labute approximate surface area is 94.1 Å². The molecule has 0 aliphatic rings. The van der Waals surface area contributed by atoms with Gasteiger partial charge in [0.05, 0.1) is 14.2 Å². The topological polar surface area (TPSA) is 59.0 Å². The van der Waals surface area contributed by atoms with Crippen LogP contribution in [0.1, 0.15) is 5.56 Å². The van der Waals surface area contributed by atoms with E-state index < -0.39 is 12.0 Å². The highest BCUT2D eigenvalue weighted by molar-refractivity contribution is 5.73. The van der Waals surface area contributed by atoms with Gasteiger partial charge in [-0.05, 0) is 5.56 Å². The van der Waals surface area contributed by atoms with Gasteiger partial charge in [0.1, 0.15) is 0 Å². The highest BCUT2D eigenvalue weighted by Gasteiger charge is 2.26. The summed E-state index contributed by atoms with van der Waals surface area (Å²) in [5.74, 6) is -0.993. The Hall–Kier alpha value is -1.43. The van der Waals surface area contributed by atoms with Crippen LogP contribution in [0.25, 0.3) is 0 Å². The van der Waals surface area contributed by atoms with Gasteiger partial charge >= 0.3 is 5.97 Å². The Morgan fingerprint density at radius 3 is 2.31 bits per heavy atom. The molecule has 0 saturated carbocycles. The molecule has 16 heavy (non-hydrogen) atoms. The van der Waals surface area contributed by atoms with Crippen molar-refractivity contribution < 1.29 is 19.6 Å². The minimum absolute atomic E-state index is 0.317. The maximum atomic E-state index is 11.1. The molecule has 0 saturated heterocycles. The van der Waals surface area contributed by atoms with Crippen LogP contribution in [0.5, 0.6) is 0 Å². The minimum atomic E-state index is -0.993. The third-order valence-electron chi connectivity index (χ3n) is 2.17. The Bertz CT molecular complexity index is 324. The van der Waals surface area contributed by atoms with Gasteiger partial charge in [0.25, 0.3) is 0 Å². The van der Waals surface area contributed by atoms with E-state index in [4.69, 9.17) is 14.8 Å². The lowest BCUT2D eigenvalue weighted by atomic mass is 10.1. The van der Waals surface area contributed by atoms with E-state index in [0.29, 0.717) is 6.42 Å². The minimum Gasteiger partial charge on any atom is -0.480 e. The van der Waals surface area contributed by atoms with Crippen molar-refractivity contribution >= 4 is 5.97 Å². The maximum Gasteiger partial charge on any atom is 0.326 e. The number of carboxylic acids is 1. The predicted octanol–water partition coefficient (Wildman–Crippen LogP) is 1.11. The fraction of sp³-hybridized carbons (Fsp3) is 0.364. The van der Waals surface area contributed by atoms with Crippen LogP contribution in [-0.2, 0) is 20.9 Å². The summed E-state index contributed by atoms with van der Waals surface area (Å²) in [6, 6.07) is 8.45. The van der Waals surface area contributed by atoms with Crippen LogP contribution >= 0.6 is 0 Å². The third kappa shape index (κ3) is 3.30. The van der Waals surface area contributed by atoms with E-state index in [1.807, 2.05) is 30.3 Å². The standard InChI is InChI=1S/C11H15NO4/c1-15-12(16-2)10(11(13)14)8-9-6-4-3-5-7-9/h3-7,10H,8H2,1-2H3,(H,13,14)/t10-/m0/s1. The van der Waals surface area contributed by atoms with E-state index in [-0.39, 0.29) is 0 Å². The van der Waals surface area contributed by atoms with Gasteiger partial charge in [0.2, 0.25) is 0 Å². The van der Waals surface area contributed by atoms with Gasteiger partial charge in [-0.3, -0.25) is 14.5 Å². The largest absolute Gasteiger partial charge is 0.480 e. The molecule has 0 aromatic heterocycles. The molecule has 1 N–H and O–H groups in total. The zero-order chi connectivity index (χ0) is 12.0. The average molecular weight is 225 g/mol. The average Bonchev–Trinajstić information content (AvgIpc) is 2.30. The van der Waals surface area contributed by atoms with Gasteiger partial charge in [-0.25, -0.2) is 0 Å². The Morgan fingerprint density at radius 1 is 1.31 bits per heavy atom. The summed E-state index contributed by atoms with van der Waals surface area (Å²) < 4.78 is 0. The van der Waals surface area contributed by atoms with E-state index in [0.717, 1.165) is 10.8 Å². The summed E-state index contributed by atoms with van der Waals surface area (Å²) in [4.78, 5) is 20.7. The molecule has 0 fully saturated rings. The molecule has 0 aliphatic heterocycles. The number of aliphatic carboxylic acids is 1. The first-order valence-corrected chi connectivity index (χ1v) is 4.83. The molecule has 0 aliphatic carbocycles. The number of hydroxylamine groups is 2. The molecule has 0 bridgehead atoms. The van der Waals surface area contributed by atoms with Crippen molar-refractivity contribution in [1.82, 2.24) is 5.23 Å². The molecule has 0 amide bonds. The lowest BCUT2D eigenvalue weighted by Crippen LogP contribution is -2.41.